The molecule has 33 heavy (non-hydrogen) atoms. The van der Waals surface area contributed by atoms with Gasteiger partial charge in [0.1, 0.15) is 10.7 Å². The highest BCUT2D eigenvalue weighted by molar-refractivity contribution is 7.11. The topological polar surface area (TPSA) is 127 Å². The van der Waals surface area contributed by atoms with Gasteiger partial charge in [-0.15, -0.1) is 11.3 Å². The van der Waals surface area contributed by atoms with Crippen LogP contribution in [0, 0.1) is 0 Å². The molecule has 0 saturated carbocycles. The van der Waals surface area contributed by atoms with Crippen molar-refractivity contribution in [2.45, 2.75) is 38.0 Å². The van der Waals surface area contributed by atoms with Crippen molar-refractivity contribution >= 4 is 34.1 Å². The van der Waals surface area contributed by atoms with Crippen molar-refractivity contribution < 1.29 is 9.59 Å². The number of pyridine rings is 1. The standard InChI is InChI=1S/C24H26N6O2S/c25-22(31)7-3-1-2-5-18(12-29-24(32)21-14-26-15-33-21)23-28-13-20(30-23)17-8-9-19-16(11-17)6-4-10-27-19/h4,6,8-11,13-15,18H,1-3,5,7,12H2,(H2,25,31)(H,28,30)(H,29,32). The lowest BCUT2D eigenvalue weighted by Crippen LogP contribution is -2.28. The van der Waals surface area contributed by atoms with Crippen LogP contribution in [0.15, 0.2) is 54.4 Å². The maximum atomic E-state index is 12.4. The van der Waals surface area contributed by atoms with E-state index in [0.29, 0.717) is 17.8 Å². The van der Waals surface area contributed by atoms with E-state index in [1.54, 1.807) is 17.9 Å². The average molecular weight is 463 g/mol. The molecule has 1 unspecified atom stereocenters. The molecular weight excluding hydrogens is 436 g/mol. The number of nitrogens with two attached hydrogens (primary N) is 1. The van der Waals surface area contributed by atoms with Crippen LogP contribution in [0.5, 0.6) is 0 Å². The summed E-state index contributed by atoms with van der Waals surface area (Å²) in [6.45, 7) is 0.459. The summed E-state index contributed by atoms with van der Waals surface area (Å²) in [5.74, 6) is 0.441. The fraction of sp³-hybridized carbons (Fsp3) is 0.292. The number of rotatable bonds is 11. The van der Waals surface area contributed by atoms with Crippen molar-refractivity contribution in [2.24, 2.45) is 5.73 Å². The van der Waals surface area contributed by atoms with E-state index in [1.807, 2.05) is 30.5 Å². The predicted octanol–water partition coefficient (Wildman–Crippen LogP) is 4.03. The minimum atomic E-state index is -0.273. The number of nitrogens with one attached hydrogen (secondary N) is 2. The summed E-state index contributed by atoms with van der Waals surface area (Å²) in [4.78, 5) is 40.4. The van der Waals surface area contributed by atoms with Gasteiger partial charge in [0.15, 0.2) is 0 Å². The van der Waals surface area contributed by atoms with E-state index in [0.717, 1.165) is 53.7 Å². The molecule has 0 spiro atoms. The zero-order valence-corrected chi connectivity index (χ0v) is 19.0. The zero-order valence-electron chi connectivity index (χ0n) is 18.2. The molecule has 4 rings (SSSR count). The Morgan fingerprint density at radius 2 is 2.03 bits per heavy atom. The second-order valence-electron chi connectivity index (χ2n) is 7.93. The lowest BCUT2D eigenvalue weighted by molar-refractivity contribution is -0.118. The number of amides is 2. The largest absolute Gasteiger partial charge is 0.370 e. The van der Waals surface area contributed by atoms with Crippen molar-refractivity contribution in [3.05, 3.63) is 65.1 Å². The predicted molar refractivity (Wildman–Crippen MR) is 129 cm³/mol. The number of primary amides is 1. The number of fused-ring (bicyclic) bond motifs is 1. The van der Waals surface area contributed by atoms with E-state index >= 15 is 0 Å². The Morgan fingerprint density at radius 1 is 1.12 bits per heavy atom. The van der Waals surface area contributed by atoms with E-state index in [9.17, 15) is 9.59 Å². The molecule has 170 valence electrons. The minimum Gasteiger partial charge on any atom is -0.370 e. The third-order valence-corrected chi connectivity index (χ3v) is 6.31. The number of unbranched alkanes of at least 4 members (excludes halogenated alkanes) is 2. The Kier molecular flexibility index (Phi) is 7.41. The number of imidazole rings is 1. The molecule has 8 nitrogen and oxygen atoms in total. The van der Waals surface area contributed by atoms with E-state index < -0.39 is 0 Å². The van der Waals surface area contributed by atoms with Gasteiger partial charge in [-0.3, -0.25) is 19.6 Å². The second-order valence-corrected chi connectivity index (χ2v) is 8.82. The summed E-state index contributed by atoms with van der Waals surface area (Å²) in [7, 11) is 0. The molecule has 4 aromatic rings. The van der Waals surface area contributed by atoms with Gasteiger partial charge in [-0.05, 0) is 31.0 Å². The van der Waals surface area contributed by atoms with Crippen LogP contribution >= 0.6 is 11.3 Å². The van der Waals surface area contributed by atoms with Gasteiger partial charge in [0, 0.05) is 36.0 Å². The van der Waals surface area contributed by atoms with Crippen molar-refractivity contribution in [1.29, 1.82) is 0 Å². The Bertz CT molecular complexity index is 1220. The molecule has 3 heterocycles. The summed E-state index contributed by atoms with van der Waals surface area (Å²) >= 11 is 1.31. The molecule has 4 N–H and O–H groups in total. The zero-order chi connectivity index (χ0) is 23.0. The molecule has 2 amide bonds. The first-order valence-corrected chi connectivity index (χ1v) is 11.8. The normalized spacial score (nSPS) is 12.0. The Balaban J connectivity index is 1.46. The lowest BCUT2D eigenvalue weighted by atomic mass is 9.99. The maximum absolute atomic E-state index is 12.4. The van der Waals surface area contributed by atoms with Crippen LogP contribution in [0.4, 0.5) is 0 Å². The number of hydrogen-bond acceptors (Lipinski definition) is 6. The molecule has 0 bridgehead atoms. The molecule has 1 atom stereocenters. The van der Waals surface area contributed by atoms with Gasteiger partial charge in [0.2, 0.25) is 5.91 Å². The molecule has 0 aliphatic carbocycles. The van der Waals surface area contributed by atoms with Gasteiger partial charge in [-0.25, -0.2) is 4.98 Å². The lowest BCUT2D eigenvalue weighted by Gasteiger charge is -2.15. The number of benzene rings is 1. The Hall–Kier alpha value is -3.59. The summed E-state index contributed by atoms with van der Waals surface area (Å²) < 4.78 is 0. The van der Waals surface area contributed by atoms with Gasteiger partial charge in [-0.2, -0.15) is 0 Å². The number of hydrogen-bond donors (Lipinski definition) is 3. The Labute approximate surface area is 195 Å². The number of carbonyl (C=O) groups excluding carboxylic acids is 2. The van der Waals surface area contributed by atoms with E-state index in [4.69, 9.17) is 5.73 Å². The number of aromatic amines is 1. The third-order valence-electron chi connectivity index (χ3n) is 5.54. The number of aromatic nitrogens is 4. The molecule has 0 saturated heterocycles. The average Bonchev–Trinajstić information content (AvgIpc) is 3.53. The van der Waals surface area contributed by atoms with Crippen molar-refractivity contribution in [1.82, 2.24) is 25.3 Å². The highest BCUT2D eigenvalue weighted by atomic mass is 32.1. The maximum Gasteiger partial charge on any atom is 0.263 e. The highest BCUT2D eigenvalue weighted by Gasteiger charge is 2.18. The fourth-order valence-electron chi connectivity index (χ4n) is 3.77. The van der Waals surface area contributed by atoms with Crippen LogP contribution in [-0.4, -0.2) is 38.3 Å². The van der Waals surface area contributed by atoms with E-state index in [1.165, 1.54) is 11.3 Å². The van der Waals surface area contributed by atoms with E-state index in [2.05, 4.69) is 31.3 Å². The third kappa shape index (κ3) is 6.01. The van der Waals surface area contributed by atoms with E-state index in [-0.39, 0.29) is 17.7 Å². The fourth-order valence-corrected chi connectivity index (χ4v) is 4.30. The molecule has 3 aromatic heterocycles. The van der Waals surface area contributed by atoms with Crippen molar-refractivity contribution in [3.8, 4) is 11.3 Å². The monoisotopic (exact) mass is 462 g/mol. The highest BCUT2D eigenvalue weighted by Crippen LogP contribution is 2.26. The quantitative estimate of drug-likeness (QED) is 0.290. The Morgan fingerprint density at radius 3 is 2.85 bits per heavy atom. The molecule has 1 aromatic carbocycles. The molecule has 0 fully saturated rings. The summed E-state index contributed by atoms with van der Waals surface area (Å²) in [6.07, 6.45) is 8.98. The van der Waals surface area contributed by atoms with Crippen LogP contribution in [0.3, 0.4) is 0 Å². The van der Waals surface area contributed by atoms with Crippen LogP contribution in [0.2, 0.25) is 0 Å². The van der Waals surface area contributed by atoms with Gasteiger partial charge >= 0.3 is 0 Å². The summed E-state index contributed by atoms with van der Waals surface area (Å²) in [5.41, 5.74) is 9.77. The number of carbonyl (C=O) groups is 2. The van der Waals surface area contributed by atoms with Gasteiger partial charge < -0.3 is 16.0 Å². The van der Waals surface area contributed by atoms with Crippen LogP contribution in [0.1, 0.15) is 53.5 Å². The molecule has 0 aliphatic heterocycles. The number of H-pyrrole nitrogens is 1. The van der Waals surface area contributed by atoms with Gasteiger partial charge in [0.25, 0.3) is 5.91 Å². The van der Waals surface area contributed by atoms with Crippen molar-refractivity contribution in [3.63, 3.8) is 0 Å². The van der Waals surface area contributed by atoms with Gasteiger partial charge in [0.05, 0.1) is 29.1 Å². The summed E-state index contributed by atoms with van der Waals surface area (Å²) in [6, 6.07) is 10.1. The first-order valence-electron chi connectivity index (χ1n) is 10.9. The summed E-state index contributed by atoms with van der Waals surface area (Å²) in [5, 5.41) is 4.07. The smallest absolute Gasteiger partial charge is 0.263 e. The number of thiazole rings is 1. The minimum absolute atomic E-state index is 0.0197. The molecule has 0 radical (unpaired) electrons. The van der Waals surface area contributed by atoms with Crippen LogP contribution in [-0.2, 0) is 4.79 Å². The molecular formula is C24H26N6O2S. The van der Waals surface area contributed by atoms with Crippen LogP contribution in [0.25, 0.3) is 22.2 Å². The SMILES string of the molecule is NC(=O)CCCCCC(CNC(=O)c1cncs1)c1ncc(-c2ccc3ncccc3c2)[nH]1. The van der Waals surface area contributed by atoms with Crippen molar-refractivity contribution in [2.75, 3.05) is 6.54 Å². The van der Waals surface area contributed by atoms with Gasteiger partial charge in [-0.1, -0.05) is 25.0 Å². The first kappa shape index (κ1) is 22.6. The van der Waals surface area contributed by atoms with Crippen LogP contribution < -0.4 is 11.1 Å². The first-order chi connectivity index (χ1) is 16.1. The molecule has 9 heteroatoms. The molecule has 0 aliphatic rings. The second kappa shape index (κ2) is 10.8. The number of nitrogens with zero attached hydrogens (tertiary/aromatic N) is 3.